The molecule has 0 unspecified atom stereocenters. The third-order valence-corrected chi connectivity index (χ3v) is 6.27. The van der Waals surface area contributed by atoms with E-state index < -0.39 is 18.3 Å². The fraction of sp³-hybridized carbons (Fsp3) is 0.158. The van der Waals surface area contributed by atoms with Crippen LogP contribution >= 0.6 is 7.60 Å². The number of hydrogen-bond donors (Lipinski definition) is 1. The number of nitro benzene ring substituents is 1. The van der Waals surface area contributed by atoms with E-state index in [1.54, 1.807) is 24.3 Å². The molecule has 11 heteroatoms. The summed E-state index contributed by atoms with van der Waals surface area (Å²) < 4.78 is 28.2. The van der Waals surface area contributed by atoms with E-state index in [2.05, 4.69) is 10.2 Å². The topological polar surface area (TPSA) is 134 Å². The zero-order chi connectivity index (χ0) is 21.9. The predicted molar refractivity (Wildman–Crippen MR) is 108 cm³/mol. The Hall–Kier alpha value is -3.33. The van der Waals surface area contributed by atoms with E-state index in [0.717, 1.165) is 0 Å². The van der Waals surface area contributed by atoms with E-state index in [4.69, 9.17) is 13.8 Å². The van der Waals surface area contributed by atoms with Crippen LogP contribution in [0, 0.1) is 10.1 Å². The van der Waals surface area contributed by atoms with Crippen LogP contribution in [0.2, 0.25) is 0 Å². The van der Waals surface area contributed by atoms with Crippen molar-refractivity contribution in [3.05, 3.63) is 69.9 Å². The molecular weight excluding hydrogens is 413 g/mol. The van der Waals surface area contributed by atoms with Gasteiger partial charge in [0.2, 0.25) is 5.78 Å². The van der Waals surface area contributed by atoms with Crippen LogP contribution in [0.3, 0.4) is 0 Å². The molecule has 0 spiro atoms. The molecule has 0 aliphatic rings. The molecule has 2 aromatic carbocycles. The number of H-pyrrole nitrogens is 1. The molecule has 0 saturated heterocycles. The van der Waals surface area contributed by atoms with Crippen LogP contribution in [0.5, 0.6) is 5.75 Å². The van der Waals surface area contributed by atoms with Crippen LogP contribution in [0.15, 0.2) is 48.5 Å². The second-order valence-corrected chi connectivity index (χ2v) is 8.19. The Kier molecular flexibility index (Phi) is 6.12. The molecule has 0 fully saturated rings. The van der Waals surface area contributed by atoms with E-state index in [-0.39, 0.29) is 22.4 Å². The summed E-state index contributed by atoms with van der Waals surface area (Å²) in [6.07, 6.45) is 0. The Morgan fingerprint density at radius 2 is 1.63 bits per heavy atom. The van der Waals surface area contributed by atoms with Gasteiger partial charge in [-0.15, -0.1) is 0 Å². The lowest BCUT2D eigenvalue weighted by atomic mass is 10.0. The second kappa shape index (κ2) is 8.58. The van der Waals surface area contributed by atoms with Crippen molar-refractivity contribution in [2.24, 2.45) is 0 Å². The maximum Gasteiger partial charge on any atom is 0.379 e. The highest BCUT2D eigenvalue weighted by atomic mass is 31.2. The number of ether oxygens (including phenoxy) is 1. The molecule has 10 nitrogen and oxygen atoms in total. The van der Waals surface area contributed by atoms with Gasteiger partial charge in [-0.05, 0) is 42.0 Å². The van der Waals surface area contributed by atoms with Gasteiger partial charge in [0.05, 0.1) is 12.0 Å². The third-order valence-electron chi connectivity index (χ3n) is 4.44. The summed E-state index contributed by atoms with van der Waals surface area (Å²) in [6.45, 7) is 0. The van der Waals surface area contributed by atoms with Gasteiger partial charge >= 0.3 is 7.60 Å². The van der Waals surface area contributed by atoms with Crippen molar-refractivity contribution >= 4 is 24.5 Å². The number of carbonyl (C=O) groups excluding carboxylic acids is 1. The van der Waals surface area contributed by atoms with Crippen LogP contribution in [0.1, 0.15) is 16.1 Å². The van der Waals surface area contributed by atoms with Gasteiger partial charge in [-0.1, -0.05) is 0 Å². The minimum atomic E-state index is -3.81. The fourth-order valence-corrected chi connectivity index (χ4v) is 4.05. The Bertz CT molecular complexity index is 1120. The summed E-state index contributed by atoms with van der Waals surface area (Å²) in [4.78, 5) is 23.6. The van der Waals surface area contributed by atoms with Crippen LogP contribution < -0.4 is 10.2 Å². The number of aromatic nitrogens is 2. The molecule has 3 rings (SSSR count). The first-order chi connectivity index (χ1) is 14.3. The van der Waals surface area contributed by atoms with Gasteiger partial charge in [0.1, 0.15) is 11.4 Å². The van der Waals surface area contributed by atoms with Crippen molar-refractivity contribution < 1.29 is 28.1 Å². The highest BCUT2D eigenvalue weighted by Crippen LogP contribution is 2.47. The number of hydrogen-bond acceptors (Lipinski definition) is 8. The number of nitro groups is 1. The number of non-ortho nitro benzene ring substituents is 1. The first-order valence-corrected chi connectivity index (χ1v) is 10.1. The number of benzene rings is 2. The average molecular weight is 431 g/mol. The molecule has 0 bridgehead atoms. The third kappa shape index (κ3) is 3.88. The van der Waals surface area contributed by atoms with E-state index in [1.165, 1.54) is 45.6 Å². The summed E-state index contributed by atoms with van der Waals surface area (Å²) >= 11 is 0. The Labute approximate surface area is 171 Å². The number of nitrogens with one attached hydrogen (secondary N) is 1. The molecule has 3 aromatic rings. The number of methoxy groups -OCH3 is 1. The van der Waals surface area contributed by atoms with Gasteiger partial charge in [-0.3, -0.25) is 24.6 Å². The molecule has 0 radical (unpaired) electrons. The molecule has 30 heavy (non-hydrogen) atoms. The van der Waals surface area contributed by atoms with E-state index >= 15 is 0 Å². The molecule has 0 saturated carbocycles. The van der Waals surface area contributed by atoms with Gasteiger partial charge in [0.15, 0.2) is 5.44 Å². The van der Waals surface area contributed by atoms with Crippen molar-refractivity contribution in [2.75, 3.05) is 21.3 Å². The molecular formula is C19H18N3O7P. The quantitative estimate of drug-likeness (QED) is 0.248. The Morgan fingerprint density at radius 1 is 1.03 bits per heavy atom. The smallest absolute Gasteiger partial charge is 0.379 e. The Balaban J connectivity index is 2.18. The van der Waals surface area contributed by atoms with Crippen molar-refractivity contribution in [3.63, 3.8) is 0 Å². The summed E-state index contributed by atoms with van der Waals surface area (Å²) in [5.41, 5.74) is 0.694. The highest BCUT2D eigenvalue weighted by molar-refractivity contribution is 7.62. The molecule has 0 atom stereocenters. The maximum atomic E-state index is 13.1. The number of rotatable bonds is 8. The monoisotopic (exact) mass is 431 g/mol. The lowest BCUT2D eigenvalue weighted by molar-refractivity contribution is -0.384. The van der Waals surface area contributed by atoms with Crippen molar-refractivity contribution in [1.82, 2.24) is 10.2 Å². The van der Waals surface area contributed by atoms with Gasteiger partial charge in [0, 0.05) is 37.5 Å². The average Bonchev–Trinajstić information content (AvgIpc) is 3.24. The first-order valence-electron chi connectivity index (χ1n) is 8.58. The highest BCUT2D eigenvalue weighted by Gasteiger charge is 2.35. The minimum Gasteiger partial charge on any atom is -0.497 e. The number of ketones is 1. The largest absolute Gasteiger partial charge is 0.497 e. The summed E-state index contributed by atoms with van der Waals surface area (Å²) in [5.74, 6) is 0.125. The SMILES string of the molecule is COc1ccc(C(=O)c2n[nH]c(P(=O)(OC)OC)c2-c2ccc([N+](=O)[O-])cc2)cc1. The van der Waals surface area contributed by atoms with E-state index in [9.17, 15) is 19.5 Å². The number of aromatic amines is 1. The second-order valence-electron chi connectivity index (χ2n) is 6.02. The Morgan fingerprint density at radius 3 is 2.13 bits per heavy atom. The van der Waals surface area contributed by atoms with Crippen molar-refractivity contribution in [2.45, 2.75) is 0 Å². The zero-order valence-electron chi connectivity index (χ0n) is 16.3. The normalized spacial score (nSPS) is 11.3. The van der Waals surface area contributed by atoms with Gasteiger partial charge < -0.3 is 13.8 Å². The lowest BCUT2D eigenvalue weighted by Crippen LogP contribution is -2.13. The van der Waals surface area contributed by atoms with Crippen LogP contribution in [0.4, 0.5) is 5.69 Å². The van der Waals surface area contributed by atoms with Crippen LogP contribution in [0.25, 0.3) is 11.1 Å². The van der Waals surface area contributed by atoms with Gasteiger partial charge in [-0.25, -0.2) is 0 Å². The lowest BCUT2D eigenvalue weighted by Gasteiger charge is -2.14. The van der Waals surface area contributed by atoms with Gasteiger partial charge in [-0.2, -0.15) is 5.10 Å². The van der Waals surface area contributed by atoms with E-state index in [1.807, 2.05) is 0 Å². The zero-order valence-corrected chi connectivity index (χ0v) is 17.2. The maximum absolute atomic E-state index is 13.1. The molecule has 1 aromatic heterocycles. The molecule has 0 aliphatic carbocycles. The van der Waals surface area contributed by atoms with Crippen molar-refractivity contribution in [3.8, 4) is 16.9 Å². The summed E-state index contributed by atoms with van der Waals surface area (Å²) in [5, 5.41) is 17.6. The minimum absolute atomic E-state index is 0.0293. The molecule has 0 amide bonds. The van der Waals surface area contributed by atoms with E-state index in [0.29, 0.717) is 16.9 Å². The molecule has 0 aliphatic heterocycles. The molecule has 156 valence electrons. The summed E-state index contributed by atoms with van der Waals surface area (Å²) in [6, 6.07) is 11.8. The molecule has 1 heterocycles. The summed E-state index contributed by atoms with van der Waals surface area (Å²) in [7, 11) is 0.104. The van der Waals surface area contributed by atoms with Crippen LogP contribution in [-0.2, 0) is 13.6 Å². The first kappa shape index (κ1) is 21.4. The fourth-order valence-electron chi connectivity index (χ4n) is 2.85. The predicted octanol–water partition coefficient (Wildman–Crippen LogP) is 3.34. The van der Waals surface area contributed by atoms with Crippen molar-refractivity contribution in [1.29, 1.82) is 0 Å². The number of nitrogens with zero attached hydrogens (tertiary/aromatic N) is 2. The molecule has 1 N–H and O–H groups in total. The van der Waals surface area contributed by atoms with Crippen LogP contribution in [-0.4, -0.2) is 42.2 Å². The van der Waals surface area contributed by atoms with Gasteiger partial charge in [0.25, 0.3) is 5.69 Å². The standard InChI is InChI=1S/C19H18N3O7P/c1-27-15-10-6-13(7-11-15)18(23)17-16(12-4-8-14(9-5-12)22(24)25)19(21-20-17)30(26,28-2)29-3/h4-11H,1-3H3,(H,20,21). The number of carbonyl (C=O) groups is 1.